The maximum Gasteiger partial charge on any atom is 0.123 e. The van der Waals surface area contributed by atoms with Gasteiger partial charge in [-0.3, -0.25) is 4.90 Å². The molecule has 0 radical (unpaired) electrons. The van der Waals surface area contributed by atoms with Crippen molar-refractivity contribution in [3.8, 4) is 0 Å². The van der Waals surface area contributed by atoms with Gasteiger partial charge >= 0.3 is 0 Å². The van der Waals surface area contributed by atoms with E-state index in [4.69, 9.17) is 0 Å². The highest BCUT2D eigenvalue weighted by Crippen LogP contribution is 2.44. The summed E-state index contributed by atoms with van der Waals surface area (Å²) >= 11 is 0. The molecule has 2 aliphatic rings. The Morgan fingerprint density at radius 3 is 2.50 bits per heavy atom. The number of benzene rings is 1. The van der Waals surface area contributed by atoms with Gasteiger partial charge in [0, 0.05) is 38.1 Å². The van der Waals surface area contributed by atoms with Crippen molar-refractivity contribution in [3.05, 3.63) is 35.6 Å². The molecule has 1 N–H and O–H groups in total. The van der Waals surface area contributed by atoms with E-state index >= 15 is 0 Å². The number of halogens is 1. The fourth-order valence-corrected chi connectivity index (χ4v) is 2.67. The lowest BCUT2D eigenvalue weighted by atomic mass is 10.1. The molecule has 16 heavy (non-hydrogen) atoms. The maximum atomic E-state index is 12.8. The van der Waals surface area contributed by atoms with Crippen LogP contribution in [0.2, 0.25) is 0 Å². The minimum atomic E-state index is -0.136. The van der Waals surface area contributed by atoms with Gasteiger partial charge in [0.15, 0.2) is 0 Å². The fourth-order valence-electron chi connectivity index (χ4n) is 2.67. The standard InChI is InChI=1S/C13H17FN2/c14-11-3-1-10(2-4-11)12-9-13(12)16-7-5-15-6-8-16/h1-4,12-13,15H,5-9H2/t12-,13+/m1/s1. The predicted molar refractivity (Wildman–Crippen MR) is 62.0 cm³/mol. The van der Waals surface area contributed by atoms with Gasteiger partial charge in [0.05, 0.1) is 0 Å². The quantitative estimate of drug-likeness (QED) is 0.814. The zero-order chi connectivity index (χ0) is 11.0. The highest BCUT2D eigenvalue weighted by Gasteiger charge is 2.42. The first kappa shape index (κ1) is 10.2. The molecule has 86 valence electrons. The second kappa shape index (κ2) is 4.15. The molecule has 1 saturated carbocycles. The third-order valence-corrected chi connectivity index (χ3v) is 3.68. The van der Waals surface area contributed by atoms with Gasteiger partial charge < -0.3 is 5.32 Å². The van der Waals surface area contributed by atoms with Crippen LogP contribution in [0.25, 0.3) is 0 Å². The Balaban J connectivity index is 1.64. The van der Waals surface area contributed by atoms with Crippen LogP contribution >= 0.6 is 0 Å². The van der Waals surface area contributed by atoms with Gasteiger partial charge in [0.1, 0.15) is 5.82 Å². The third-order valence-electron chi connectivity index (χ3n) is 3.68. The van der Waals surface area contributed by atoms with Crippen molar-refractivity contribution < 1.29 is 4.39 Å². The van der Waals surface area contributed by atoms with Crippen LogP contribution in [0.5, 0.6) is 0 Å². The molecule has 0 aromatic heterocycles. The number of hydrogen-bond acceptors (Lipinski definition) is 2. The molecule has 1 aliphatic carbocycles. The van der Waals surface area contributed by atoms with E-state index in [1.165, 1.54) is 12.0 Å². The van der Waals surface area contributed by atoms with E-state index in [1.807, 2.05) is 12.1 Å². The molecule has 3 rings (SSSR count). The molecule has 0 spiro atoms. The van der Waals surface area contributed by atoms with Gasteiger partial charge in [-0.1, -0.05) is 12.1 Å². The van der Waals surface area contributed by atoms with Crippen LogP contribution in [0, 0.1) is 5.82 Å². The minimum Gasteiger partial charge on any atom is -0.314 e. The largest absolute Gasteiger partial charge is 0.314 e. The molecule has 0 unspecified atom stereocenters. The smallest absolute Gasteiger partial charge is 0.123 e. The average Bonchev–Trinajstić information content (AvgIpc) is 3.11. The maximum absolute atomic E-state index is 12.8. The van der Waals surface area contributed by atoms with Crippen molar-refractivity contribution in [2.45, 2.75) is 18.4 Å². The summed E-state index contributed by atoms with van der Waals surface area (Å²) in [6.45, 7) is 4.52. The van der Waals surface area contributed by atoms with Crippen LogP contribution in [-0.4, -0.2) is 37.1 Å². The first-order valence-electron chi connectivity index (χ1n) is 6.05. The van der Waals surface area contributed by atoms with E-state index in [2.05, 4.69) is 10.2 Å². The van der Waals surface area contributed by atoms with E-state index in [9.17, 15) is 4.39 Å². The molecule has 0 amide bonds. The molecule has 1 heterocycles. The summed E-state index contributed by atoms with van der Waals surface area (Å²) in [6, 6.07) is 7.71. The lowest BCUT2D eigenvalue weighted by Crippen LogP contribution is -2.44. The molecular weight excluding hydrogens is 203 g/mol. The van der Waals surface area contributed by atoms with Crippen LogP contribution in [0.4, 0.5) is 4.39 Å². The number of nitrogens with zero attached hydrogens (tertiary/aromatic N) is 1. The molecule has 1 aromatic rings. The molecule has 2 fully saturated rings. The van der Waals surface area contributed by atoms with Gasteiger partial charge in [-0.25, -0.2) is 4.39 Å². The number of nitrogens with one attached hydrogen (secondary N) is 1. The summed E-state index contributed by atoms with van der Waals surface area (Å²) in [5, 5.41) is 3.37. The Morgan fingerprint density at radius 2 is 1.81 bits per heavy atom. The molecule has 2 nitrogen and oxygen atoms in total. The first-order valence-corrected chi connectivity index (χ1v) is 6.05. The fraction of sp³-hybridized carbons (Fsp3) is 0.538. The molecule has 1 aromatic carbocycles. The Labute approximate surface area is 95.4 Å². The van der Waals surface area contributed by atoms with Crippen molar-refractivity contribution in [3.63, 3.8) is 0 Å². The molecule has 2 atom stereocenters. The lowest BCUT2D eigenvalue weighted by Gasteiger charge is -2.27. The topological polar surface area (TPSA) is 15.3 Å². The van der Waals surface area contributed by atoms with Gasteiger partial charge in [0.25, 0.3) is 0 Å². The highest BCUT2D eigenvalue weighted by molar-refractivity contribution is 5.28. The summed E-state index contributed by atoms with van der Waals surface area (Å²) in [5.41, 5.74) is 1.30. The number of rotatable bonds is 2. The number of hydrogen-bond donors (Lipinski definition) is 1. The van der Waals surface area contributed by atoms with E-state index in [1.54, 1.807) is 12.1 Å². The summed E-state index contributed by atoms with van der Waals surface area (Å²) in [5.74, 6) is 0.502. The van der Waals surface area contributed by atoms with Crippen molar-refractivity contribution in [1.29, 1.82) is 0 Å². The SMILES string of the molecule is Fc1ccc([C@H]2C[C@@H]2N2CCNCC2)cc1. The third kappa shape index (κ3) is 1.97. The zero-order valence-corrected chi connectivity index (χ0v) is 9.32. The van der Waals surface area contributed by atoms with E-state index in [0.29, 0.717) is 12.0 Å². The van der Waals surface area contributed by atoms with Gasteiger partial charge in [0.2, 0.25) is 0 Å². The van der Waals surface area contributed by atoms with Gasteiger partial charge in [-0.05, 0) is 24.1 Å². The second-order valence-corrected chi connectivity index (χ2v) is 4.75. The second-order valence-electron chi connectivity index (χ2n) is 4.75. The van der Waals surface area contributed by atoms with Gasteiger partial charge in [-0.15, -0.1) is 0 Å². The van der Waals surface area contributed by atoms with Crippen LogP contribution in [0.3, 0.4) is 0 Å². The van der Waals surface area contributed by atoms with Gasteiger partial charge in [-0.2, -0.15) is 0 Å². The van der Waals surface area contributed by atoms with Crippen molar-refractivity contribution >= 4 is 0 Å². The Kier molecular flexibility index (Phi) is 2.65. The first-order chi connectivity index (χ1) is 7.84. The summed E-state index contributed by atoms with van der Waals surface area (Å²) in [7, 11) is 0. The zero-order valence-electron chi connectivity index (χ0n) is 9.32. The van der Waals surface area contributed by atoms with Crippen LogP contribution in [0.15, 0.2) is 24.3 Å². The summed E-state index contributed by atoms with van der Waals surface area (Å²) in [4.78, 5) is 2.56. The normalized spacial score (nSPS) is 30.3. The Hall–Kier alpha value is -0.930. The van der Waals surface area contributed by atoms with Crippen LogP contribution in [0.1, 0.15) is 17.9 Å². The average molecular weight is 220 g/mol. The van der Waals surface area contributed by atoms with Crippen molar-refractivity contribution in [2.75, 3.05) is 26.2 Å². The van der Waals surface area contributed by atoms with E-state index < -0.39 is 0 Å². The van der Waals surface area contributed by atoms with Crippen molar-refractivity contribution in [2.24, 2.45) is 0 Å². The molecular formula is C13H17FN2. The molecule has 1 saturated heterocycles. The number of piperazine rings is 1. The molecule has 3 heteroatoms. The summed E-state index contributed by atoms with van der Waals surface area (Å²) < 4.78 is 12.8. The lowest BCUT2D eigenvalue weighted by molar-refractivity contribution is 0.228. The van der Waals surface area contributed by atoms with E-state index in [0.717, 1.165) is 26.2 Å². The van der Waals surface area contributed by atoms with E-state index in [-0.39, 0.29) is 5.82 Å². The minimum absolute atomic E-state index is 0.136. The van der Waals surface area contributed by atoms with Crippen LogP contribution in [-0.2, 0) is 0 Å². The Morgan fingerprint density at radius 1 is 1.12 bits per heavy atom. The predicted octanol–water partition coefficient (Wildman–Crippen LogP) is 1.59. The molecule has 0 bridgehead atoms. The Bertz CT molecular complexity index is 357. The van der Waals surface area contributed by atoms with Crippen LogP contribution < -0.4 is 5.32 Å². The van der Waals surface area contributed by atoms with Crippen molar-refractivity contribution in [1.82, 2.24) is 10.2 Å². The molecule has 1 aliphatic heterocycles. The summed E-state index contributed by atoms with van der Waals surface area (Å²) in [6.07, 6.45) is 1.24. The monoisotopic (exact) mass is 220 g/mol. The highest BCUT2D eigenvalue weighted by atomic mass is 19.1.